The molecule has 5 heteroatoms. The first-order chi connectivity index (χ1) is 13.8. The lowest BCUT2D eigenvalue weighted by Gasteiger charge is -2.20. The van der Waals surface area contributed by atoms with Gasteiger partial charge in [0.25, 0.3) is 0 Å². The Morgan fingerprint density at radius 2 is 1.82 bits per heavy atom. The molecular weight excluding hydrogens is 346 g/mol. The first kappa shape index (κ1) is 20.3. The van der Waals surface area contributed by atoms with Gasteiger partial charge in [0, 0.05) is 19.3 Å². The molecule has 1 fully saturated rings. The SMILES string of the molecule is CCNC(=NCc1cccc(CN2CCCCCC2)c1)NCc1ccccn1. The molecule has 5 nitrogen and oxygen atoms in total. The normalized spacial score (nSPS) is 15.8. The van der Waals surface area contributed by atoms with Crippen LogP contribution in [-0.4, -0.2) is 35.5 Å². The van der Waals surface area contributed by atoms with Crippen molar-refractivity contribution in [3.63, 3.8) is 0 Å². The fourth-order valence-electron chi connectivity index (χ4n) is 3.57. The summed E-state index contributed by atoms with van der Waals surface area (Å²) in [5.41, 5.74) is 3.65. The van der Waals surface area contributed by atoms with E-state index in [0.717, 1.165) is 24.7 Å². The fourth-order valence-corrected chi connectivity index (χ4v) is 3.57. The highest BCUT2D eigenvalue weighted by Gasteiger charge is 2.09. The first-order valence-electron chi connectivity index (χ1n) is 10.6. The van der Waals surface area contributed by atoms with Gasteiger partial charge in [0.1, 0.15) is 0 Å². The van der Waals surface area contributed by atoms with Crippen LogP contribution in [0.3, 0.4) is 0 Å². The number of nitrogens with zero attached hydrogens (tertiary/aromatic N) is 3. The monoisotopic (exact) mass is 379 g/mol. The molecule has 0 atom stereocenters. The average Bonchev–Trinajstić information content (AvgIpc) is 3.00. The van der Waals surface area contributed by atoms with E-state index in [-0.39, 0.29) is 0 Å². The maximum absolute atomic E-state index is 4.75. The predicted octanol–water partition coefficient (Wildman–Crippen LogP) is 3.71. The Kier molecular flexibility index (Phi) is 8.31. The Bertz CT molecular complexity index is 721. The van der Waals surface area contributed by atoms with Crippen molar-refractivity contribution in [2.45, 2.75) is 52.2 Å². The third-order valence-corrected chi connectivity index (χ3v) is 5.02. The number of aliphatic imine (C=N–C) groups is 1. The van der Waals surface area contributed by atoms with Crippen LogP contribution >= 0.6 is 0 Å². The molecular formula is C23H33N5. The summed E-state index contributed by atoms with van der Waals surface area (Å²) in [6.07, 6.45) is 7.24. The Hall–Kier alpha value is -2.40. The number of likely N-dealkylation sites (tertiary alicyclic amines) is 1. The number of benzene rings is 1. The van der Waals surface area contributed by atoms with E-state index in [0.29, 0.717) is 13.1 Å². The molecule has 0 spiro atoms. The van der Waals surface area contributed by atoms with E-state index in [1.807, 2.05) is 24.4 Å². The minimum atomic E-state index is 0.668. The van der Waals surface area contributed by atoms with Crippen molar-refractivity contribution in [1.29, 1.82) is 0 Å². The van der Waals surface area contributed by atoms with Crippen molar-refractivity contribution in [2.75, 3.05) is 19.6 Å². The number of guanidine groups is 1. The van der Waals surface area contributed by atoms with Crippen LogP contribution in [0.25, 0.3) is 0 Å². The summed E-state index contributed by atoms with van der Waals surface area (Å²) in [4.78, 5) is 11.7. The molecule has 1 aliphatic heterocycles. The number of rotatable bonds is 7. The van der Waals surface area contributed by atoms with Crippen LogP contribution in [0.5, 0.6) is 0 Å². The molecule has 1 aromatic carbocycles. The molecule has 1 aliphatic rings. The van der Waals surface area contributed by atoms with Gasteiger partial charge in [0.15, 0.2) is 5.96 Å². The third kappa shape index (κ3) is 6.97. The second kappa shape index (κ2) is 11.4. The molecule has 3 rings (SSSR count). The number of aromatic nitrogens is 1. The highest BCUT2D eigenvalue weighted by molar-refractivity contribution is 5.79. The standard InChI is InChI=1S/C23H33N5/c1-2-24-23(27-18-22-12-5-6-13-25-22)26-17-20-10-9-11-21(16-20)19-28-14-7-3-4-8-15-28/h5-6,9-13,16H,2-4,7-8,14-15,17-19H2,1H3,(H2,24,26,27). The van der Waals surface area contributed by atoms with Crippen molar-refractivity contribution in [2.24, 2.45) is 4.99 Å². The highest BCUT2D eigenvalue weighted by atomic mass is 15.2. The van der Waals surface area contributed by atoms with Crippen molar-refractivity contribution in [1.82, 2.24) is 20.5 Å². The minimum absolute atomic E-state index is 0.668. The van der Waals surface area contributed by atoms with E-state index in [1.165, 1.54) is 49.9 Å². The van der Waals surface area contributed by atoms with E-state index < -0.39 is 0 Å². The molecule has 1 saturated heterocycles. The maximum atomic E-state index is 4.75. The maximum Gasteiger partial charge on any atom is 0.191 e. The average molecular weight is 380 g/mol. The topological polar surface area (TPSA) is 52.6 Å². The molecule has 0 saturated carbocycles. The van der Waals surface area contributed by atoms with Crippen LogP contribution in [0.15, 0.2) is 53.7 Å². The predicted molar refractivity (Wildman–Crippen MR) is 116 cm³/mol. The van der Waals surface area contributed by atoms with Crippen molar-refractivity contribution in [3.05, 3.63) is 65.5 Å². The summed E-state index contributed by atoms with van der Waals surface area (Å²) in [6.45, 7) is 7.76. The molecule has 0 aliphatic carbocycles. The molecule has 2 aromatic rings. The number of pyridine rings is 1. The summed E-state index contributed by atoms with van der Waals surface area (Å²) in [6, 6.07) is 14.8. The number of hydrogen-bond donors (Lipinski definition) is 2. The van der Waals surface area contributed by atoms with E-state index in [1.54, 1.807) is 0 Å². The van der Waals surface area contributed by atoms with Gasteiger partial charge in [-0.2, -0.15) is 0 Å². The molecule has 0 radical (unpaired) electrons. The summed E-state index contributed by atoms with van der Waals surface area (Å²) >= 11 is 0. The van der Waals surface area contributed by atoms with Crippen molar-refractivity contribution in [3.8, 4) is 0 Å². The van der Waals surface area contributed by atoms with E-state index in [2.05, 4.69) is 51.7 Å². The third-order valence-electron chi connectivity index (χ3n) is 5.02. The van der Waals surface area contributed by atoms with E-state index in [9.17, 15) is 0 Å². The fraction of sp³-hybridized carbons (Fsp3) is 0.478. The highest BCUT2D eigenvalue weighted by Crippen LogP contribution is 2.14. The zero-order valence-electron chi connectivity index (χ0n) is 17.0. The lowest BCUT2D eigenvalue weighted by Crippen LogP contribution is -2.37. The second-order valence-electron chi connectivity index (χ2n) is 7.38. The lowest BCUT2D eigenvalue weighted by molar-refractivity contribution is 0.277. The Labute approximate surface area is 169 Å². The van der Waals surface area contributed by atoms with Crippen LogP contribution in [0.1, 0.15) is 49.4 Å². The van der Waals surface area contributed by atoms with Gasteiger partial charge >= 0.3 is 0 Å². The van der Waals surface area contributed by atoms with Gasteiger partial charge in [-0.1, -0.05) is 43.2 Å². The molecule has 2 N–H and O–H groups in total. The van der Waals surface area contributed by atoms with Crippen LogP contribution in [0.4, 0.5) is 0 Å². The van der Waals surface area contributed by atoms with Crippen LogP contribution in [0, 0.1) is 0 Å². The van der Waals surface area contributed by atoms with Crippen molar-refractivity contribution >= 4 is 5.96 Å². The van der Waals surface area contributed by atoms with E-state index >= 15 is 0 Å². The van der Waals surface area contributed by atoms with Gasteiger partial charge in [-0.25, -0.2) is 4.99 Å². The number of hydrogen-bond acceptors (Lipinski definition) is 3. The second-order valence-corrected chi connectivity index (χ2v) is 7.38. The van der Waals surface area contributed by atoms with Gasteiger partial charge < -0.3 is 10.6 Å². The molecule has 0 amide bonds. The quantitative estimate of drug-likeness (QED) is 0.569. The molecule has 28 heavy (non-hydrogen) atoms. The minimum Gasteiger partial charge on any atom is -0.357 e. The lowest BCUT2D eigenvalue weighted by atomic mass is 10.1. The number of nitrogens with one attached hydrogen (secondary N) is 2. The summed E-state index contributed by atoms with van der Waals surface area (Å²) in [7, 11) is 0. The smallest absolute Gasteiger partial charge is 0.191 e. The summed E-state index contributed by atoms with van der Waals surface area (Å²) in [5, 5.41) is 6.68. The Morgan fingerprint density at radius 3 is 2.57 bits per heavy atom. The zero-order chi connectivity index (χ0) is 19.4. The molecule has 0 unspecified atom stereocenters. The zero-order valence-corrected chi connectivity index (χ0v) is 17.0. The van der Waals surface area contributed by atoms with Gasteiger partial charge in [-0.15, -0.1) is 0 Å². The summed E-state index contributed by atoms with van der Waals surface area (Å²) in [5.74, 6) is 0.825. The van der Waals surface area contributed by atoms with Gasteiger partial charge in [-0.3, -0.25) is 9.88 Å². The molecule has 0 bridgehead atoms. The van der Waals surface area contributed by atoms with Crippen LogP contribution in [0.2, 0.25) is 0 Å². The molecule has 1 aromatic heterocycles. The van der Waals surface area contributed by atoms with E-state index in [4.69, 9.17) is 4.99 Å². The molecule has 150 valence electrons. The van der Waals surface area contributed by atoms with Gasteiger partial charge in [-0.05, 0) is 56.1 Å². The largest absolute Gasteiger partial charge is 0.357 e. The summed E-state index contributed by atoms with van der Waals surface area (Å²) < 4.78 is 0. The van der Waals surface area contributed by atoms with Crippen molar-refractivity contribution < 1.29 is 0 Å². The first-order valence-corrected chi connectivity index (χ1v) is 10.6. The molecule has 2 heterocycles. The Balaban J connectivity index is 1.57. The van der Waals surface area contributed by atoms with Gasteiger partial charge in [0.2, 0.25) is 0 Å². The van der Waals surface area contributed by atoms with Crippen LogP contribution in [-0.2, 0) is 19.6 Å². The van der Waals surface area contributed by atoms with Crippen LogP contribution < -0.4 is 10.6 Å². The van der Waals surface area contributed by atoms with Gasteiger partial charge in [0.05, 0.1) is 18.8 Å². The Morgan fingerprint density at radius 1 is 1.00 bits per heavy atom.